The van der Waals surface area contributed by atoms with Crippen LogP contribution in [0.3, 0.4) is 0 Å². The number of ether oxygens (including phenoxy) is 2. The molecule has 0 fully saturated rings. The molecule has 88 valence electrons. The maximum atomic E-state index is 13.3. The third-order valence-electron chi connectivity index (χ3n) is 1.82. The Hall–Kier alpha value is -1.82. The van der Waals surface area contributed by atoms with Crippen molar-refractivity contribution in [2.24, 2.45) is 5.73 Å². The molecule has 1 aromatic rings. The fraction of sp³-hybridized carbons (Fsp3) is 0.300. The van der Waals surface area contributed by atoms with Crippen LogP contribution in [0, 0.1) is 5.82 Å². The number of hydrogen-bond acceptors (Lipinski definition) is 5. The Morgan fingerprint density at radius 3 is 2.62 bits per heavy atom. The molecule has 0 aliphatic heterocycles. The Kier molecular flexibility index (Phi) is 3.68. The Bertz CT molecular complexity index is 406. The van der Waals surface area contributed by atoms with Crippen molar-refractivity contribution in [1.82, 2.24) is 0 Å². The number of carbonyl (C=O) groups excluding carboxylic acids is 1. The molecule has 0 amide bonds. The molecular weight excluding hydrogens is 217 g/mol. The topological polar surface area (TPSA) is 81.8 Å². The van der Waals surface area contributed by atoms with E-state index in [2.05, 4.69) is 4.74 Å². The number of methoxy groups -OCH3 is 1. The van der Waals surface area contributed by atoms with E-state index in [-0.39, 0.29) is 17.2 Å². The first-order valence-electron chi connectivity index (χ1n) is 4.49. The zero-order chi connectivity index (χ0) is 12.3. The van der Waals surface area contributed by atoms with Gasteiger partial charge in [-0.2, -0.15) is 0 Å². The number of phenols is 1. The summed E-state index contributed by atoms with van der Waals surface area (Å²) in [6, 6.07) is 1.01. The monoisotopic (exact) mass is 229 g/mol. The third-order valence-corrected chi connectivity index (χ3v) is 1.82. The molecule has 0 spiro atoms. The molecule has 0 aromatic heterocycles. The molecule has 0 aliphatic carbocycles. The number of phenolic OH excluding ortho intramolecular Hbond substituents is 1. The van der Waals surface area contributed by atoms with Crippen LogP contribution in [0.2, 0.25) is 0 Å². The Morgan fingerprint density at radius 1 is 1.50 bits per heavy atom. The summed E-state index contributed by atoms with van der Waals surface area (Å²) in [6.07, 6.45) is 0. The van der Waals surface area contributed by atoms with E-state index >= 15 is 0 Å². The molecule has 16 heavy (non-hydrogen) atoms. The van der Waals surface area contributed by atoms with Gasteiger partial charge in [-0.3, -0.25) is 0 Å². The maximum absolute atomic E-state index is 13.3. The van der Waals surface area contributed by atoms with Crippen LogP contribution in [0.1, 0.15) is 6.92 Å². The molecule has 1 rings (SSSR count). The van der Waals surface area contributed by atoms with E-state index in [1.165, 1.54) is 14.0 Å². The minimum Gasteiger partial charge on any atom is -0.504 e. The van der Waals surface area contributed by atoms with Crippen LogP contribution in [0.15, 0.2) is 12.1 Å². The molecule has 0 radical (unpaired) electrons. The molecular formula is C10H12FNO4. The molecule has 1 aromatic carbocycles. The molecule has 0 saturated carbocycles. The Morgan fingerprint density at radius 2 is 2.12 bits per heavy atom. The van der Waals surface area contributed by atoms with Gasteiger partial charge in [0, 0.05) is 12.1 Å². The first-order valence-corrected chi connectivity index (χ1v) is 4.49. The predicted octanol–water partition coefficient (Wildman–Crippen LogP) is 0.792. The smallest absolute Gasteiger partial charge is 0.328 e. The van der Waals surface area contributed by atoms with Crippen molar-refractivity contribution in [3.05, 3.63) is 17.9 Å². The fourth-order valence-electron chi connectivity index (χ4n) is 0.967. The van der Waals surface area contributed by atoms with Crippen molar-refractivity contribution < 1.29 is 23.8 Å². The van der Waals surface area contributed by atoms with Crippen LogP contribution in [0.25, 0.3) is 0 Å². The quantitative estimate of drug-likeness (QED) is 0.591. The number of rotatable bonds is 3. The molecule has 0 saturated heterocycles. The number of benzene rings is 1. The van der Waals surface area contributed by atoms with Gasteiger partial charge in [0.05, 0.1) is 7.11 Å². The highest BCUT2D eigenvalue weighted by molar-refractivity contribution is 5.77. The van der Waals surface area contributed by atoms with Crippen molar-refractivity contribution in [2.45, 2.75) is 13.0 Å². The summed E-state index contributed by atoms with van der Waals surface area (Å²) in [5, 5.41) is 9.23. The van der Waals surface area contributed by atoms with E-state index in [1.54, 1.807) is 0 Å². The highest BCUT2D eigenvalue weighted by atomic mass is 19.1. The van der Waals surface area contributed by atoms with E-state index in [0.717, 1.165) is 12.1 Å². The van der Waals surface area contributed by atoms with Gasteiger partial charge in [-0.25, -0.2) is 9.18 Å². The summed E-state index contributed by atoms with van der Waals surface area (Å²) in [7, 11) is 1.30. The van der Waals surface area contributed by atoms with Crippen molar-refractivity contribution in [1.29, 1.82) is 0 Å². The highest BCUT2D eigenvalue weighted by Crippen LogP contribution is 2.32. The third kappa shape index (κ3) is 2.60. The van der Waals surface area contributed by atoms with Gasteiger partial charge in [-0.1, -0.05) is 0 Å². The van der Waals surface area contributed by atoms with Gasteiger partial charge >= 0.3 is 5.97 Å². The molecule has 0 aliphatic rings. The van der Waals surface area contributed by atoms with Crippen molar-refractivity contribution >= 4 is 5.97 Å². The number of aromatic hydroxyl groups is 1. The lowest BCUT2D eigenvalue weighted by molar-refractivity contribution is -0.135. The number of nitrogens with two attached hydrogens (primary N) is 1. The lowest BCUT2D eigenvalue weighted by Gasteiger charge is -2.10. The van der Waals surface area contributed by atoms with Gasteiger partial charge < -0.3 is 20.3 Å². The second kappa shape index (κ2) is 4.80. The fourth-order valence-corrected chi connectivity index (χ4v) is 0.967. The SMILES string of the molecule is COc1cc(OC(=O)[C@H](C)N)c(F)cc1O. The van der Waals surface area contributed by atoms with Gasteiger partial charge in [0.1, 0.15) is 6.04 Å². The minimum absolute atomic E-state index is 0.00822. The lowest BCUT2D eigenvalue weighted by atomic mass is 10.3. The average Bonchev–Trinajstić information content (AvgIpc) is 2.21. The Balaban J connectivity index is 3.00. The first-order chi connectivity index (χ1) is 7.45. The van der Waals surface area contributed by atoms with Gasteiger partial charge in [-0.05, 0) is 6.92 Å². The number of hydrogen-bond donors (Lipinski definition) is 2. The van der Waals surface area contributed by atoms with Crippen LogP contribution in [-0.2, 0) is 4.79 Å². The van der Waals surface area contributed by atoms with E-state index in [0.29, 0.717) is 0 Å². The number of carbonyl (C=O) groups is 1. The van der Waals surface area contributed by atoms with Crippen LogP contribution in [0.5, 0.6) is 17.2 Å². The van der Waals surface area contributed by atoms with Crippen LogP contribution in [-0.4, -0.2) is 24.2 Å². The molecule has 5 nitrogen and oxygen atoms in total. The van der Waals surface area contributed by atoms with Crippen LogP contribution >= 0.6 is 0 Å². The van der Waals surface area contributed by atoms with E-state index in [9.17, 15) is 14.3 Å². The molecule has 0 heterocycles. The van der Waals surface area contributed by atoms with Gasteiger partial charge in [-0.15, -0.1) is 0 Å². The Labute approximate surface area is 91.6 Å². The van der Waals surface area contributed by atoms with Crippen LogP contribution in [0.4, 0.5) is 4.39 Å². The summed E-state index contributed by atoms with van der Waals surface area (Å²) >= 11 is 0. The van der Waals surface area contributed by atoms with Crippen molar-refractivity contribution in [3.8, 4) is 17.2 Å². The second-order valence-corrected chi connectivity index (χ2v) is 3.16. The summed E-state index contributed by atoms with van der Waals surface area (Å²) in [4.78, 5) is 11.1. The normalized spacial score (nSPS) is 12.0. The molecule has 1 atom stereocenters. The minimum atomic E-state index is -0.868. The summed E-state index contributed by atoms with van der Waals surface area (Å²) in [6.45, 7) is 1.41. The second-order valence-electron chi connectivity index (χ2n) is 3.16. The molecule has 6 heteroatoms. The summed E-state index contributed by atoms with van der Waals surface area (Å²) in [5.74, 6) is -2.34. The van der Waals surface area contributed by atoms with Crippen molar-refractivity contribution in [3.63, 3.8) is 0 Å². The van der Waals surface area contributed by atoms with E-state index in [4.69, 9.17) is 10.5 Å². The molecule has 0 bridgehead atoms. The van der Waals surface area contributed by atoms with Gasteiger partial charge in [0.15, 0.2) is 23.1 Å². The standard InChI is InChI=1S/C10H12FNO4/c1-5(12)10(14)16-8-4-9(15-2)7(13)3-6(8)11/h3-5,13H,12H2,1-2H3/t5-/m0/s1. The van der Waals surface area contributed by atoms with Crippen molar-refractivity contribution in [2.75, 3.05) is 7.11 Å². The molecule has 0 unspecified atom stereocenters. The average molecular weight is 229 g/mol. The number of esters is 1. The largest absolute Gasteiger partial charge is 0.504 e. The number of halogens is 1. The summed E-state index contributed by atoms with van der Waals surface area (Å²) in [5.41, 5.74) is 5.26. The predicted molar refractivity (Wildman–Crippen MR) is 53.9 cm³/mol. The zero-order valence-corrected chi connectivity index (χ0v) is 8.86. The lowest BCUT2D eigenvalue weighted by Crippen LogP contribution is -2.31. The van der Waals surface area contributed by atoms with Gasteiger partial charge in [0.25, 0.3) is 0 Å². The van der Waals surface area contributed by atoms with E-state index < -0.39 is 17.8 Å². The van der Waals surface area contributed by atoms with E-state index in [1.807, 2.05) is 0 Å². The zero-order valence-electron chi connectivity index (χ0n) is 8.86. The summed E-state index contributed by atoms with van der Waals surface area (Å²) < 4.78 is 22.7. The maximum Gasteiger partial charge on any atom is 0.328 e. The highest BCUT2D eigenvalue weighted by Gasteiger charge is 2.16. The van der Waals surface area contributed by atoms with Gasteiger partial charge in [0.2, 0.25) is 0 Å². The molecule has 3 N–H and O–H groups in total. The van der Waals surface area contributed by atoms with Crippen LogP contribution < -0.4 is 15.2 Å². The first kappa shape index (κ1) is 12.3.